The molecule has 1 saturated heterocycles. The monoisotopic (exact) mass is 237 g/mol. The quantitative estimate of drug-likeness (QED) is 0.816. The molecule has 2 heterocycles. The lowest BCUT2D eigenvalue weighted by Crippen LogP contribution is -2.41. The summed E-state index contributed by atoms with van der Waals surface area (Å²) in [6.45, 7) is 3.82. The van der Waals surface area contributed by atoms with Gasteiger partial charge in [0, 0.05) is 18.8 Å². The number of nitrogens with one attached hydrogen (secondary N) is 1. The van der Waals surface area contributed by atoms with Crippen molar-refractivity contribution in [1.82, 2.24) is 9.97 Å². The number of amides is 1. The van der Waals surface area contributed by atoms with Crippen molar-refractivity contribution in [3.63, 3.8) is 0 Å². The minimum absolute atomic E-state index is 0.0406. The van der Waals surface area contributed by atoms with Gasteiger partial charge < -0.3 is 10.1 Å². The number of carbonyl (C=O) groups is 2. The number of anilines is 1. The number of hydrogen-bond donors (Lipinski definition) is 2. The van der Waals surface area contributed by atoms with E-state index < -0.39 is 11.9 Å². The number of carboxylic acid groups (broad SMARTS) is 1. The van der Waals surface area contributed by atoms with Gasteiger partial charge in [-0.05, 0) is 5.92 Å². The maximum atomic E-state index is 11.9. The highest BCUT2D eigenvalue weighted by Crippen LogP contribution is 2.33. The zero-order valence-electron chi connectivity index (χ0n) is 9.75. The molecule has 2 rings (SSSR count). The number of rotatable bonds is 3. The molecule has 0 aromatic carbocycles. The van der Waals surface area contributed by atoms with E-state index in [9.17, 15) is 9.59 Å². The number of H-pyrrole nitrogens is 1. The molecular formula is C11H15N3O3. The maximum absolute atomic E-state index is 11.9. The zero-order valence-corrected chi connectivity index (χ0v) is 9.75. The third-order valence-corrected chi connectivity index (χ3v) is 3.09. The summed E-state index contributed by atoms with van der Waals surface area (Å²) >= 11 is 0. The van der Waals surface area contributed by atoms with Gasteiger partial charge in [-0.25, -0.2) is 4.98 Å². The van der Waals surface area contributed by atoms with Gasteiger partial charge in [0.15, 0.2) is 0 Å². The second-order valence-electron chi connectivity index (χ2n) is 4.56. The molecule has 1 fully saturated rings. The van der Waals surface area contributed by atoms with Crippen molar-refractivity contribution < 1.29 is 14.7 Å². The Morgan fingerprint density at radius 3 is 2.82 bits per heavy atom. The Morgan fingerprint density at radius 2 is 2.35 bits per heavy atom. The average molecular weight is 237 g/mol. The van der Waals surface area contributed by atoms with E-state index in [4.69, 9.17) is 5.11 Å². The fraction of sp³-hybridized carbons (Fsp3) is 0.545. The molecule has 1 aromatic rings. The molecule has 1 aliphatic heterocycles. The molecule has 0 saturated carbocycles. The van der Waals surface area contributed by atoms with Crippen LogP contribution in [0, 0.1) is 11.8 Å². The first-order chi connectivity index (χ1) is 8.02. The highest BCUT2D eigenvalue weighted by atomic mass is 16.4. The number of aromatic nitrogens is 2. The molecule has 0 spiro atoms. The molecule has 0 aliphatic carbocycles. The number of imidazole rings is 1. The average Bonchev–Trinajstić information content (AvgIpc) is 2.83. The molecule has 17 heavy (non-hydrogen) atoms. The molecule has 1 aliphatic rings. The van der Waals surface area contributed by atoms with Gasteiger partial charge in [0.05, 0.1) is 12.0 Å². The first-order valence-electron chi connectivity index (χ1n) is 5.56. The van der Waals surface area contributed by atoms with Gasteiger partial charge in [0.25, 0.3) is 0 Å². The Morgan fingerprint density at radius 1 is 1.65 bits per heavy atom. The third-order valence-electron chi connectivity index (χ3n) is 3.09. The Hall–Kier alpha value is -1.85. The van der Waals surface area contributed by atoms with Gasteiger partial charge >= 0.3 is 5.97 Å². The van der Waals surface area contributed by atoms with Crippen LogP contribution in [0.5, 0.6) is 0 Å². The van der Waals surface area contributed by atoms with E-state index in [2.05, 4.69) is 9.97 Å². The molecule has 2 atom stereocenters. The van der Waals surface area contributed by atoms with Gasteiger partial charge in [0.2, 0.25) is 11.9 Å². The van der Waals surface area contributed by atoms with Crippen LogP contribution in [0.4, 0.5) is 5.95 Å². The van der Waals surface area contributed by atoms with E-state index in [1.807, 2.05) is 13.8 Å². The van der Waals surface area contributed by atoms with Crippen molar-refractivity contribution in [2.75, 3.05) is 4.90 Å². The summed E-state index contributed by atoms with van der Waals surface area (Å²) in [7, 11) is 0. The highest BCUT2D eigenvalue weighted by molar-refractivity contribution is 5.99. The molecule has 0 bridgehead atoms. The minimum atomic E-state index is -0.925. The Balaban J connectivity index is 2.37. The molecule has 6 heteroatoms. The SMILES string of the molecule is CC(C)[C@@H]1[C@@H](C(=O)O)CC(=O)N1c1ncc[nH]1. The predicted molar refractivity (Wildman–Crippen MR) is 60.4 cm³/mol. The first-order valence-corrected chi connectivity index (χ1v) is 5.56. The summed E-state index contributed by atoms with van der Waals surface area (Å²) in [5.74, 6) is -1.28. The standard InChI is InChI=1S/C11H15N3O3/c1-6(2)9-7(10(16)17)5-8(15)14(9)11-12-3-4-13-11/h3-4,6-7,9H,5H2,1-2H3,(H,12,13)(H,16,17)/t7-,9+/m0/s1. The second kappa shape index (κ2) is 4.20. The van der Waals surface area contributed by atoms with Crippen LogP contribution >= 0.6 is 0 Å². The third kappa shape index (κ3) is 1.90. The number of carbonyl (C=O) groups excluding carboxylic acids is 1. The molecule has 0 unspecified atom stereocenters. The first kappa shape index (κ1) is 11.6. The summed E-state index contributed by atoms with van der Waals surface area (Å²) in [5.41, 5.74) is 0. The van der Waals surface area contributed by atoms with E-state index >= 15 is 0 Å². The van der Waals surface area contributed by atoms with Crippen LogP contribution in [0.2, 0.25) is 0 Å². The van der Waals surface area contributed by atoms with Crippen molar-refractivity contribution >= 4 is 17.8 Å². The molecule has 2 N–H and O–H groups in total. The molecule has 1 aromatic heterocycles. The zero-order chi connectivity index (χ0) is 12.6. The fourth-order valence-corrected chi connectivity index (χ4v) is 2.40. The predicted octanol–water partition coefficient (Wildman–Crippen LogP) is 0.872. The topological polar surface area (TPSA) is 86.3 Å². The minimum Gasteiger partial charge on any atom is -0.481 e. The summed E-state index contributed by atoms with van der Waals surface area (Å²) in [4.78, 5) is 31.4. The fourth-order valence-electron chi connectivity index (χ4n) is 2.40. The second-order valence-corrected chi connectivity index (χ2v) is 4.56. The van der Waals surface area contributed by atoms with Gasteiger partial charge in [0.1, 0.15) is 0 Å². The molecule has 92 valence electrons. The lowest BCUT2D eigenvalue weighted by Gasteiger charge is -2.27. The van der Waals surface area contributed by atoms with Crippen molar-refractivity contribution in [2.45, 2.75) is 26.3 Å². The van der Waals surface area contributed by atoms with Gasteiger partial charge in [-0.1, -0.05) is 13.8 Å². The number of hydrogen-bond acceptors (Lipinski definition) is 3. The van der Waals surface area contributed by atoms with Gasteiger partial charge in [-0.15, -0.1) is 0 Å². The highest BCUT2D eigenvalue weighted by Gasteiger charge is 2.46. The van der Waals surface area contributed by atoms with E-state index in [0.717, 1.165) is 0 Å². The van der Waals surface area contributed by atoms with E-state index in [1.54, 1.807) is 12.4 Å². The summed E-state index contributed by atoms with van der Waals surface area (Å²) < 4.78 is 0. The van der Waals surface area contributed by atoms with Crippen molar-refractivity contribution in [3.8, 4) is 0 Å². The number of carboxylic acids is 1. The molecule has 6 nitrogen and oxygen atoms in total. The van der Waals surface area contributed by atoms with Crippen molar-refractivity contribution in [3.05, 3.63) is 12.4 Å². The van der Waals surface area contributed by atoms with E-state index in [0.29, 0.717) is 5.95 Å². The normalized spacial score (nSPS) is 24.6. The van der Waals surface area contributed by atoms with Gasteiger partial charge in [-0.2, -0.15) is 0 Å². The van der Waals surface area contributed by atoms with E-state index in [-0.39, 0.29) is 24.3 Å². The van der Waals surface area contributed by atoms with Crippen LogP contribution in [0.15, 0.2) is 12.4 Å². The Labute approximate surface area is 98.7 Å². The molecule has 0 radical (unpaired) electrons. The Kier molecular flexibility index (Phi) is 2.87. The number of nitrogens with zero attached hydrogens (tertiary/aromatic N) is 2. The smallest absolute Gasteiger partial charge is 0.309 e. The lowest BCUT2D eigenvalue weighted by molar-refractivity contribution is -0.142. The summed E-state index contributed by atoms with van der Waals surface area (Å²) in [5, 5.41) is 9.16. The number of aliphatic carboxylic acids is 1. The van der Waals surface area contributed by atoms with Crippen LogP contribution in [0.25, 0.3) is 0 Å². The van der Waals surface area contributed by atoms with Crippen LogP contribution in [0.3, 0.4) is 0 Å². The summed E-state index contributed by atoms with van der Waals surface area (Å²) in [6, 6.07) is -0.342. The molecule has 1 amide bonds. The van der Waals surface area contributed by atoms with Crippen LogP contribution in [-0.4, -0.2) is 33.0 Å². The maximum Gasteiger partial charge on any atom is 0.309 e. The van der Waals surface area contributed by atoms with Crippen LogP contribution in [0.1, 0.15) is 20.3 Å². The lowest BCUT2D eigenvalue weighted by atomic mass is 9.91. The van der Waals surface area contributed by atoms with Crippen LogP contribution in [-0.2, 0) is 9.59 Å². The molecular weight excluding hydrogens is 222 g/mol. The largest absolute Gasteiger partial charge is 0.481 e. The van der Waals surface area contributed by atoms with E-state index in [1.165, 1.54) is 4.90 Å². The van der Waals surface area contributed by atoms with Gasteiger partial charge in [-0.3, -0.25) is 14.5 Å². The number of aromatic amines is 1. The summed E-state index contributed by atoms with van der Waals surface area (Å²) in [6.07, 6.45) is 3.21. The Bertz CT molecular complexity index is 427. The van der Waals surface area contributed by atoms with Crippen LogP contribution < -0.4 is 4.90 Å². The van der Waals surface area contributed by atoms with Crippen molar-refractivity contribution in [2.24, 2.45) is 11.8 Å². The van der Waals surface area contributed by atoms with Crippen molar-refractivity contribution in [1.29, 1.82) is 0 Å².